The number of ether oxygens (including phenoxy) is 2. The van der Waals surface area contributed by atoms with Gasteiger partial charge < -0.3 is 9.47 Å². The number of pyridine rings is 1. The smallest absolute Gasteiger partial charge is 0.295 e. The summed E-state index contributed by atoms with van der Waals surface area (Å²) in [6.45, 7) is 6.72. The van der Waals surface area contributed by atoms with Crippen molar-refractivity contribution >= 4 is 40.4 Å². The molecule has 0 unspecified atom stereocenters. The first kappa shape index (κ1) is 21.9. The van der Waals surface area contributed by atoms with Crippen LogP contribution in [0.3, 0.4) is 0 Å². The van der Waals surface area contributed by atoms with Gasteiger partial charge >= 0.3 is 0 Å². The molecular weight excluding hydrogens is 394 g/mol. The Morgan fingerprint density at radius 1 is 1.31 bits per heavy atom. The van der Waals surface area contributed by atoms with Crippen LogP contribution in [0.1, 0.15) is 35.0 Å². The summed E-state index contributed by atoms with van der Waals surface area (Å²) in [5, 5.41) is 10.9. The highest BCUT2D eigenvalue weighted by Gasteiger charge is 2.20. The van der Waals surface area contributed by atoms with Crippen LogP contribution in [0, 0.1) is 6.92 Å². The number of allylic oxidation sites excluding steroid dienone is 2. The molecule has 9 nitrogen and oxygen atoms in total. The molecule has 0 aliphatic carbocycles. The first-order valence-electron chi connectivity index (χ1n) is 8.45. The van der Waals surface area contributed by atoms with E-state index in [2.05, 4.69) is 32.2 Å². The minimum Gasteiger partial charge on any atom is -0.495 e. The van der Waals surface area contributed by atoms with Gasteiger partial charge in [-0.25, -0.2) is 0 Å². The van der Waals surface area contributed by atoms with Crippen LogP contribution in [-0.4, -0.2) is 47.8 Å². The van der Waals surface area contributed by atoms with Gasteiger partial charge in [-0.2, -0.15) is 0 Å². The van der Waals surface area contributed by atoms with Gasteiger partial charge in [0.1, 0.15) is 11.5 Å². The number of ketones is 1. The molecule has 2 aromatic rings. The highest BCUT2D eigenvalue weighted by atomic mass is 32.1. The normalized spacial score (nSPS) is 11.7. The molecular formula is C19H21N5O4S. The van der Waals surface area contributed by atoms with E-state index in [1.165, 1.54) is 33.5 Å². The van der Waals surface area contributed by atoms with Crippen molar-refractivity contribution in [3.05, 3.63) is 47.1 Å². The summed E-state index contributed by atoms with van der Waals surface area (Å²) >= 11 is 1.09. The van der Waals surface area contributed by atoms with Gasteiger partial charge in [0.2, 0.25) is 5.13 Å². The number of aryl methyl sites for hydroxylation is 1. The Balaban J connectivity index is 2.53. The Morgan fingerprint density at radius 2 is 2.07 bits per heavy atom. The van der Waals surface area contributed by atoms with Crippen molar-refractivity contribution in [2.24, 2.45) is 4.99 Å². The van der Waals surface area contributed by atoms with Crippen molar-refractivity contribution in [3.63, 3.8) is 0 Å². The number of aliphatic imine (C=N–C) groups is 1. The maximum absolute atomic E-state index is 12.9. The second-order valence-corrected chi connectivity index (χ2v) is 6.75. The van der Waals surface area contributed by atoms with Gasteiger partial charge in [-0.3, -0.25) is 24.9 Å². The average molecular weight is 415 g/mol. The van der Waals surface area contributed by atoms with E-state index >= 15 is 0 Å². The first-order chi connectivity index (χ1) is 13.9. The molecule has 10 heteroatoms. The standard InChI is InChI=1S/C19H21N5O4S/c1-11-8-14(13(7-6-12(2)25)16(27-4)10-20-3)15(9-21-11)17(26)22-18-23-24-19(28-5)29-18/h7-10H,3,6H2,1-2,4-5H3,(H,22,23,26)/b13-7-,16-10+. The number of nitrogens with zero attached hydrogens (tertiary/aromatic N) is 4. The summed E-state index contributed by atoms with van der Waals surface area (Å²) in [5.41, 5.74) is 2.02. The van der Waals surface area contributed by atoms with E-state index in [-0.39, 0.29) is 22.9 Å². The molecule has 0 fully saturated rings. The number of Topliss-reactive ketones (excluding diaryl/α,β-unsaturated/α-hetero) is 1. The molecule has 152 valence electrons. The predicted octanol–water partition coefficient (Wildman–Crippen LogP) is 3.05. The number of nitrogens with one attached hydrogen (secondary N) is 1. The molecule has 0 bridgehead atoms. The third-order valence-electron chi connectivity index (χ3n) is 3.66. The average Bonchev–Trinajstić information content (AvgIpc) is 3.14. The van der Waals surface area contributed by atoms with Crippen molar-refractivity contribution in [1.82, 2.24) is 15.2 Å². The van der Waals surface area contributed by atoms with Crippen molar-refractivity contribution < 1.29 is 19.1 Å². The van der Waals surface area contributed by atoms with E-state index in [1.54, 1.807) is 19.1 Å². The highest BCUT2D eigenvalue weighted by Crippen LogP contribution is 2.29. The number of methoxy groups -OCH3 is 2. The minimum atomic E-state index is -0.443. The number of aromatic nitrogens is 3. The molecule has 0 spiro atoms. The van der Waals surface area contributed by atoms with Crippen LogP contribution in [0.15, 0.2) is 35.3 Å². The number of hydrogen-bond acceptors (Lipinski definition) is 9. The molecule has 0 aliphatic heterocycles. The number of anilines is 1. The second kappa shape index (κ2) is 10.2. The first-order valence-corrected chi connectivity index (χ1v) is 9.27. The van der Waals surface area contributed by atoms with Crippen LogP contribution in [0.4, 0.5) is 5.13 Å². The summed E-state index contributed by atoms with van der Waals surface area (Å²) in [6, 6.07) is 1.73. The van der Waals surface area contributed by atoms with Gasteiger partial charge in [-0.05, 0) is 38.0 Å². The van der Waals surface area contributed by atoms with Crippen LogP contribution >= 0.6 is 11.3 Å². The molecule has 2 rings (SSSR count). The molecule has 1 N–H and O–H groups in total. The number of amides is 1. The molecule has 0 aliphatic rings. The molecule has 0 atom stereocenters. The summed E-state index contributed by atoms with van der Waals surface area (Å²) in [5.74, 6) is -0.122. The highest BCUT2D eigenvalue weighted by molar-refractivity contribution is 7.17. The fourth-order valence-corrected chi connectivity index (χ4v) is 2.93. The molecule has 0 aromatic carbocycles. The number of carbonyl (C=O) groups excluding carboxylic acids is 2. The van der Waals surface area contributed by atoms with Crippen molar-refractivity contribution in [3.8, 4) is 5.19 Å². The van der Waals surface area contributed by atoms with Gasteiger partial charge in [0.15, 0.2) is 0 Å². The van der Waals surface area contributed by atoms with Gasteiger partial charge in [-0.15, -0.1) is 5.10 Å². The Kier molecular flexibility index (Phi) is 7.72. The fraction of sp³-hybridized carbons (Fsp3) is 0.263. The summed E-state index contributed by atoms with van der Waals surface area (Å²) < 4.78 is 10.4. The van der Waals surface area contributed by atoms with E-state index in [4.69, 9.17) is 9.47 Å². The molecule has 0 saturated carbocycles. The third-order valence-corrected chi connectivity index (χ3v) is 4.46. The lowest BCUT2D eigenvalue weighted by Gasteiger charge is -2.15. The minimum absolute atomic E-state index is 0.0396. The van der Waals surface area contributed by atoms with Crippen LogP contribution in [0.25, 0.3) is 5.57 Å². The Labute approximate surface area is 172 Å². The number of rotatable bonds is 9. The van der Waals surface area contributed by atoms with Gasteiger partial charge in [0, 0.05) is 29.4 Å². The van der Waals surface area contributed by atoms with Gasteiger partial charge in [0.25, 0.3) is 11.1 Å². The summed E-state index contributed by atoms with van der Waals surface area (Å²) in [4.78, 5) is 32.4. The molecule has 2 aromatic heterocycles. The van der Waals surface area contributed by atoms with Gasteiger partial charge in [0.05, 0.1) is 26.0 Å². The van der Waals surface area contributed by atoms with E-state index in [0.717, 1.165) is 11.3 Å². The Hall–Kier alpha value is -3.40. The maximum atomic E-state index is 12.9. The van der Waals surface area contributed by atoms with E-state index in [1.807, 2.05) is 0 Å². The molecule has 1 amide bonds. The van der Waals surface area contributed by atoms with Gasteiger partial charge in [-0.1, -0.05) is 11.2 Å². The van der Waals surface area contributed by atoms with Crippen LogP contribution in [0.5, 0.6) is 5.19 Å². The summed E-state index contributed by atoms with van der Waals surface area (Å²) in [7, 11) is 2.94. The van der Waals surface area contributed by atoms with E-state index < -0.39 is 5.91 Å². The SMILES string of the molecule is C=N/C=C(OC)\C(=C/CC(C)=O)c1cc(C)ncc1C(=O)Nc1nnc(OC)s1. The summed E-state index contributed by atoms with van der Waals surface area (Å²) in [6.07, 6.45) is 4.71. The van der Waals surface area contributed by atoms with Crippen LogP contribution in [-0.2, 0) is 9.53 Å². The maximum Gasteiger partial charge on any atom is 0.295 e. The lowest BCUT2D eigenvalue weighted by atomic mass is 9.97. The van der Waals surface area contributed by atoms with Crippen LogP contribution in [0.2, 0.25) is 0 Å². The topological polar surface area (TPSA) is 116 Å². The molecule has 2 heterocycles. The Morgan fingerprint density at radius 3 is 2.66 bits per heavy atom. The molecule has 29 heavy (non-hydrogen) atoms. The molecule has 0 saturated heterocycles. The Bertz CT molecular complexity index is 981. The zero-order valence-electron chi connectivity index (χ0n) is 16.6. The van der Waals surface area contributed by atoms with Crippen molar-refractivity contribution in [2.45, 2.75) is 20.3 Å². The fourth-order valence-electron chi connectivity index (χ4n) is 2.38. The van der Waals surface area contributed by atoms with Crippen LogP contribution < -0.4 is 10.1 Å². The quantitative estimate of drug-likeness (QED) is 0.380. The lowest BCUT2D eigenvalue weighted by molar-refractivity contribution is -0.116. The van der Waals surface area contributed by atoms with Crippen molar-refractivity contribution in [1.29, 1.82) is 0 Å². The second-order valence-electron chi connectivity index (χ2n) is 5.81. The zero-order valence-corrected chi connectivity index (χ0v) is 17.4. The number of hydrogen-bond donors (Lipinski definition) is 1. The molecule has 0 radical (unpaired) electrons. The van der Waals surface area contributed by atoms with E-state index in [9.17, 15) is 9.59 Å². The monoisotopic (exact) mass is 415 g/mol. The largest absolute Gasteiger partial charge is 0.495 e. The number of carbonyl (C=O) groups is 2. The van der Waals surface area contributed by atoms with E-state index in [0.29, 0.717) is 27.8 Å². The van der Waals surface area contributed by atoms with Crippen molar-refractivity contribution in [2.75, 3.05) is 19.5 Å². The zero-order chi connectivity index (χ0) is 21.4. The third kappa shape index (κ3) is 5.79. The lowest BCUT2D eigenvalue weighted by Crippen LogP contribution is -2.15. The predicted molar refractivity (Wildman–Crippen MR) is 111 cm³/mol.